The van der Waals surface area contributed by atoms with Gasteiger partial charge in [0.15, 0.2) is 0 Å². The highest BCUT2D eigenvalue weighted by molar-refractivity contribution is 6.10. The summed E-state index contributed by atoms with van der Waals surface area (Å²) >= 11 is 0. The molecule has 3 nitrogen and oxygen atoms in total. The van der Waals surface area contributed by atoms with Crippen molar-refractivity contribution in [1.29, 1.82) is 0 Å². The molecule has 3 atom stereocenters. The van der Waals surface area contributed by atoms with Crippen molar-refractivity contribution in [3.63, 3.8) is 0 Å². The first-order chi connectivity index (χ1) is 22.6. The van der Waals surface area contributed by atoms with E-state index in [0.29, 0.717) is 11.8 Å². The van der Waals surface area contributed by atoms with Gasteiger partial charge in [-0.3, -0.25) is 0 Å². The summed E-state index contributed by atoms with van der Waals surface area (Å²) in [4.78, 5) is 10.3. The second-order valence-electron chi connectivity index (χ2n) is 14.0. The largest absolute Gasteiger partial charge is 0.309 e. The molecule has 2 heterocycles. The van der Waals surface area contributed by atoms with Crippen molar-refractivity contribution in [1.82, 2.24) is 14.5 Å². The fourth-order valence-corrected chi connectivity index (χ4v) is 8.48. The fraction of sp³-hybridized carbons (Fsp3) is 0.256. The van der Waals surface area contributed by atoms with Crippen molar-refractivity contribution in [2.75, 3.05) is 0 Å². The lowest BCUT2D eigenvalue weighted by Gasteiger charge is -2.29. The van der Waals surface area contributed by atoms with E-state index in [1.165, 1.54) is 57.0 Å². The molecule has 0 N–H and O–H groups in total. The molecule has 3 aromatic carbocycles. The van der Waals surface area contributed by atoms with E-state index in [1.54, 1.807) is 0 Å². The van der Waals surface area contributed by atoms with E-state index in [-0.39, 0.29) is 11.3 Å². The van der Waals surface area contributed by atoms with Crippen molar-refractivity contribution in [3.8, 4) is 16.9 Å². The molecule has 3 unspecified atom stereocenters. The Morgan fingerprint density at radius 3 is 2.41 bits per heavy atom. The van der Waals surface area contributed by atoms with E-state index in [1.807, 2.05) is 0 Å². The Kier molecular flexibility index (Phi) is 6.38. The second-order valence-corrected chi connectivity index (χ2v) is 14.0. The first-order valence-electron chi connectivity index (χ1n) is 17.0. The van der Waals surface area contributed by atoms with Gasteiger partial charge in [0.1, 0.15) is 5.82 Å². The fourth-order valence-electron chi connectivity index (χ4n) is 8.48. The standard InChI is InChI=1S/C43H39N3/c1-43(2)36-19-11-9-17-32(36)34-26-41-35(25-37(34)43)33-18-10-12-20-40(33)46(41)31-23-21-29(22-24-31)39-27-38(28-13-5-3-6-14-28)44-42(45-39)30-15-7-4-8-16-30/h4,7-13,15,17-27,30,32,36H,3,5-6,14,16H2,1-2H3. The van der Waals surface area contributed by atoms with Crippen molar-refractivity contribution < 1.29 is 0 Å². The van der Waals surface area contributed by atoms with Crippen LogP contribution in [-0.2, 0) is 5.41 Å². The molecular formula is C43H39N3. The number of fused-ring (bicyclic) bond motifs is 6. The van der Waals surface area contributed by atoms with E-state index >= 15 is 0 Å². The number of allylic oxidation sites excluding steroid dienone is 10. The summed E-state index contributed by atoms with van der Waals surface area (Å²) in [6.07, 6.45) is 26.0. The molecule has 0 aliphatic heterocycles. The van der Waals surface area contributed by atoms with Gasteiger partial charge >= 0.3 is 0 Å². The average Bonchev–Trinajstić information content (AvgIpc) is 3.56. The topological polar surface area (TPSA) is 30.7 Å². The van der Waals surface area contributed by atoms with Gasteiger partial charge in [-0.05, 0) is 96.5 Å². The summed E-state index contributed by atoms with van der Waals surface area (Å²) in [6.45, 7) is 4.83. The van der Waals surface area contributed by atoms with Gasteiger partial charge in [0, 0.05) is 33.9 Å². The summed E-state index contributed by atoms with van der Waals surface area (Å²) < 4.78 is 2.46. The van der Waals surface area contributed by atoms with E-state index in [9.17, 15) is 0 Å². The van der Waals surface area contributed by atoms with Gasteiger partial charge in [0.05, 0.1) is 22.4 Å². The zero-order valence-corrected chi connectivity index (χ0v) is 26.7. The second kappa shape index (κ2) is 10.7. The number of hydrogen-bond donors (Lipinski definition) is 0. The van der Waals surface area contributed by atoms with Crippen LogP contribution in [-0.4, -0.2) is 14.5 Å². The lowest BCUT2D eigenvalue weighted by molar-refractivity contribution is 0.394. The lowest BCUT2D eigenvalue weighted by Crippen LogP contribution is -2.24. The number of hydrogen-bond acceptors (Lipinski definition) is 2. The minimum absolute atomic E-state index is 0.0902. The molecule has 46 heavy (non-hydrogen) atoms. The average molecular weight is 598 g/mol. The molecule has 0 spiro atoms. The smallest absolute Gasteiger partial charge is 0.136 e. The van der Waals surface area contributed by atoms with Gasteiger partial charge in [-0.25, -0.2) is 9.97 Å². The molecular weight excluding hydrogens is 558 g/mol. The van der Waals surface area contributed by atoms with Crippen LogP contribution in [0.2, 0.25) is 0 Å². The van der Waals surface area contributed by atoms with Crippen molar-refractivity contribution in [2.45, 2.75) is 63.2 Å². The third-order valence-electron chi connectivity index (χ3n) is 11.0. The normalized spacial score (nSPS) is 22.7. The monoisotopic (exact) mass is 597 g/mol. The van der Waals surface area contributed by atoms with Crippen LogP contribution in [0.15, 0.2) is 121 Å². The summed E-state index contributed by atoms with van der Waals surface area (Å²) in [5, 5.41) is 2.64. The molecule has 9 rings (SSSR count). The van der Waals surface area contributed by atoms with E-state index in [0.717, 1.165) is 42.0 Å². The van der Waals surface area contributed by atoms with E-state index < -0.39 is 0 Å². The van der Waals surface area contributed by atoms with Crippen LogP contribution in [0.1, 0.15) is 80.4 Å². The SMILES string of the molecule is CC1(C)c2cc3c4ccccc4n(-c4ccc(-c5cc(C6=CCCCC6)nc(C6C=CC=CC6)n5)cc4)c3cc2C2C=CC=CC21. The van der Waals surface area contributed by atoms with Crippen LogP contribution in [0, 0.1) is 5.92 Å². The maximum Gasteiger partial charge on any atom is 0.136 e. The molecule has 226 valence electrons. The maximum absolute atomic E-state index is 5.16. The lowest BCUT2D eigenvalue weighted by atomic mass is 9.74. The van der Waals surface area contributed by atoms with Crippen molar-refractivity contribution >= 4 is 27.4 Å². The third-order valence-corrected chi connectivity index (χ3v) is 11.0. The molecule has 3 heteroatoms. The molecule has 0 fully saturated rings. The minimum atomic E-state index is 0.0902. The van der Waals surface area contributed by atoms with Crippen LogP contribution in [0.25, 0.3) is 44.3 Å². The van der Waals surface area contributed by atoms with Gasteiger partial charge < -0.3 is 4.57 Å². The van der Waals surface area contributed by atoms with Crippen molar-refractivity contribution in [3.05, 3.63) is 144 Å². The van der Waals surface area contributed by atoms with Gasteiger partial charge in [0.25, 0.3) is 0 Å². The van der Waals surface area contributed by atoms with Crippen LogP contribution >= 0.6 is 0 Å². The highest BCUT2D eigenvalue weighted by Crippen LogP contribution is 2.54. The number of benzene rings is 3. The Morgan fingerprint density at radius 1 is 0.761 bits per heavy atom. The predicted molar refractivity (Wildman–Crippen MR) is 191 cm³/mol. The Labute approximate surface area is 271 Å². The summed E-state index contributed by atoms with van der Waals surface area (Å²) in [5.41, 5.74) is 11.3. The van der Waals surface area contributed by atoms with Gasteiger partial charge in [-0.2, -0.15) is 0 Å². The quantitative estimate of drug-likeness (QED) is 0.206. The van der Waals surface area contributed by atoms with E-state index in [2.05, 4.69) is 140 Å². The van der Waals surface area contributed by atoms with Crippen LogP contribution in [0.5, 0.6) is 0 Å². The molecule has 0 bridgehead atoms. The predicted octanol–water partition coefficient (Wildman–Crippen LogP) is 10.9. The number of rotatable bonds is 4. The highest BCUT2D eigenvalue weighted by atomic mass is 15.0. The number of aromatic nitrogens is 3. The molecule has 4 aliphatic carbocycles. The number of para-hydroxylation sites is 1. The Balaban J connectivity index is 1.17. The van der Waals surface area contributed by atoms with Gasteiger partial charge in [0.2, 0.25) is 0 Å². The first-order valence-corrected chi connectivity index (χ1v) is 17.0. The molecule has 4 aliphatic rings. The highest BCUT2D eigenvalue weighted by Gasteiger charge is 2.44. The zero-order chi connectivity index (χ0) is 30.8. The van der Waals surface area contributed by atoms with E-state index in [4.69, 9.17) is 9.97 Å². The van der Waals surface area contributed by atoms with Crippen LogP contribution in [0.4, 0.5) is 0 Å². The minimum Gasteiger partial charge on any atom is -0.309 e. The Morgan fingerprint density at radius 2 is 1.59 bits per heavy atom. The summed E-state index contributed by atoms with van der Waals surface area (Å²) in [7, 11) is 0. The molecule has 0 radical (unpaired) electrons. The summed E-state index contributed by atoms with van der Waals surface area (Å²) in [5.74, 6) is 2.05. The first kappa shape index (κ1) is 27.5. The molecule has 0 saturated carbocycles. The third kappa shape index (κ3) is 4.32. The Bertz CT molecular complexity index is 2170. The molecule has 0 amide bonds. The van der Waals surface area contributed by atoms with Crippen molar-refractivity contribution in [2.24, 2.45) is 5.92 Å². The maximum atomic E-state index is 5.16. The molecule has 5 aromatic rings. The van der Waals surface area contributed by atoms with Gasteiger partial charge in [-0.1, -0.05) is 98.9 Å². The summed E-state index contributed by atoms with van der Waals surface area (Å²) in [6, 6.07) is 25.1. The molecule has 0 saturated heterocycles. The molecule has 2 aromatic heterocycles. The van der Waals surface area contributed by atoms with Crippen LogP contribution < -0.4 is 0 Å². The van der Waals surface area contributed by atoms with Crippen LogP contribution in [0.3, 0.4) is 0 Å². The zero-order valence-electron chi connectivity index (χ0n) is 26.7. The Hall–Kier alpha value is -4.76. The number of nitrogens with zero attached hydrogens (tertiary/aromatic N) is 3. The van der Waals surface area contributed by atoms with Gasteiger partial charge in [-0.15, -0.1) is 0 Å².